The van der Waals surface area contributed by atoms with Gasteiger partial charge in [0.2, 0.25) is 5.69 Å². The van der Waals surface area contributed by atoms with E-state index in [0.29, 0.717) is 41.0 Å². The molecule has 124 valence electrons. The van der Waals surface area contributed by atoms with Gasteiger partial charge in [0.1, 0.15) is 5.69 Å². The fourth-order valence-electron chi connectivity index (χ4n) is 2.36. The Kier molecular flexibility index (Phi) is 3.94. The number of nitrogens with one attached hydrogen (secondary N) is 2. The first-order valence-corrected chi connectivity index (χ1v) is 7.26. The summed E-state index contributed by atoms with van der Waals surface area (Å²) in [4.78, 5) is 27.0. The molecular formula is C14H14N6O4. The normalized spacial score (nSPS) is 10.9. The molecule has 3 aromatic rings. The minimum Gasteiger partial charge on any atom is -0.336 e. The zero-order valence-corrected chi connectivity index (χ0v) is 13.0. The molecule has 3 rings (SSSR count). The molecule has 0 spiro atoms. The third-order valence-electron chi connectivity index (χ3n) is 3.48. The van der Waals surface area contributed by atoms with E-state index in [-0.39, 0.29) is 11.4 Å². The Bertz CT molecular complexity index is 929. The number of fused-ring (bicyclic) bond motifs is 1. The smallest absolute Gasteiger partial charge is 0.322 e. The zero-order valence-electron chi connectivity index (χ0n) is 13.0. The maximum atomic E-state index is 12.4. The second kappa shape index (κ2) is 6.07. The number of hydrogen-bond donors (Lipinski definition) is 2. The number of amides is 1. The SMILES string of the molecule is CCCc1[nH]nc(C(=O)Nc2cnc3onc(C)c3c2)c1[N+](=O)[O-]. The summed E-state index contributed by atoms with van der Waals surface area (Å²) in [6.45, 7) is 3.63. The van der Waals surface area contributed by atoms with Crippen LogP contribution in [-0.2, 0) is 6.42 Å². The number of pyridine rings is 1. The van der Waals surface area contributed by atoms with Gasteiger partial charge in [-0.25, -0.2) is 4.98 Å². The Hall–Kier alpha value is -3.30. The van der Waals surface area contributed by atoms with Crippen LogP contribution in [0.2, 0.25) is 0 Å². The molecule has 0 bridgehead atoms. The van der Waals surface area contributed by atoms with Crippen molar-refractivity contribution in [3.8, 4) is 0 Å². The van der Waals surface area contributed by atoms with E-state index in [9.17, 15) is 14.9 Å². The lowest BCUT2D eigenvalue weighted by molar-refractivity contribution is -0.385. The van der Waals surface area contributed by atoms with Crippen LogP contribution < -0.4 is 5.32 Å². The Balaban J connectivity index is 1.91. The number of anilines is 1. The van der Waals surface area contributed by atoms with Crippen LogP contribution in [0, 0.1) is 17.0 Å². The van der Waals surface area contributed by atoms with Crippen LogP contribution in [0.15, 0.2) is 16.8 Å². The minimum absolute atomic E-state index is 0.259. The molecule has 0 fully saturated rings. The van der Waals surface area contributed by atoms with Gasteiger partial charge in [0.25, 0.3) is 11.6 Å². The molecule has 24 heavy (non-hydrogen) atoms. The highest BCUT2D eigenvalue weighted by molar-refractivity contribution is 6.06. The molecule has 0 aliphatic heterocycles. The second-order valence-corrected chi connectivity index (χ2v) is 5.21. The maximum absolute atomic E-state index is 12.4. The van der Waals surface area contributed by atoms with Gasteiger partial charge in [0.15, 0.2) is 0 Å². The van der Waals surface area contributed by atoms with Gasteiger partial charge in [-0.3, -0.25) is 20.0 Å². The van der Waals surface area contributed by atoms with Gasteiger partial charge in [0.05, 0.1) is 27.9 Å². The number of carbonyl (C=O) groups excluding carboxylic acids is 1. The van der Waals surface area contributed by atoms with Crippen molar-refractivity contribution in [2.45, 2.75) is 26.7 Å². The number of H-pyrrole nitrogens is 1. The first kappa shape index (κ1) is 15.6. The molecule has 1 amide bonds. The van der Waals surface area contributed by atoms with E-state index >= 15 is 0 Å². The summed E-state index contributed by atoms with van der Waals surface area (Å²) < 4.78 is 4.99. The van der Waals surface area contributed by atoms with Crippen LogP contribution in [0.25, 0.3) is 11.1 Å². The summed E-state index contributed by atoms with van der Waals surface area (Å²) in [7, 11) is 0. The molecule has 2 N–H and O–H groups in total. The minimum atomic E-state index is -0.685. The first-order chi connectivity index (χ1) is 11.5. The lowest BCUT2D eigenvalue weighted by Gasteiger charge is -2.02. The highest BCUT2D eigenvalue weighted by atomic mass is 16.6. The number of aromatic nitrogens is 4. The van der Waals surface area contributed by atoms with E-state index < -0.39 is 10.8 Å². The van der Waals surface area contributed by atoms with Gasteiger partial charge in [-0.05, 0) is 19.4 Å². The number of carbonyl (C=O) groups is 1. The lowest BCUT2D eigenvalue weighted by Crippen LogP contribution is -2.14. The molecule has 3 aromatic heterocycles. The number of nitro groups is 1. The van der Waals surface area contributed by atoms with E-state index in [4.69, 9.17) is 4.52 Å². The summed E-state index contributed by atoms with van der Waals surface area (Å²) in [5, 5.41) is 24.6. The van der Waals surface area contributed by atoms with Gasteiger partial charge in [-0.1, -0.05) is 18.5 Å². The Morgan fingerprint density at radius 1 is 1.50 bits per heavy atom. The highest BCUT2D eigenvalue weighted by Crippen LogP contribution is 2.24. The van der Waals surface area contributed by atoms with Gasteiger partial charge in [-0.2, -0.15) is 5.10 Å². The zero-order chi connectivity index (χ0) is 17.3. The van der Waals surface area contributed by atoms with Crippen molar-refractivity contribution in [1.82, 2.24) is 20.3 Å². The molecule has 0 radical (unpaired) electrons. The summed E-state index contributed by atoms with van der Waals surface area (Å²) in [6, 6.07) is 1.64. The maximum Gasteiger partial charge on any atom is 0.322 e. The van der Waals surface area contributed by atoms with E-state index in [1.165, 1.54) is 6.20 Å². The van der Waals surface area contributed by atoms with Crippen molar-refractivity contribution in [3.63, 3.8) is 0 Å². The van der Waals surface area contributed by atoms with Gasteiger partial charge in [-0.15, -0.1) is 0 Å². The molecular weight excluding hydrogens is 316 g/mol. The molecule has 0 unspecified atom stereocenters. The van der Waals surface area contributed by atoms with Crippen LogP contribution in [0.1, 0.15) is 35.2 Å². The lowest BCUT2D eigenvalue weighted by atomic mass is 10.2. The van der Waals surface area contributed by atoms with Gasteiger partial charge >= 0.3 is 5.69 Å². The van der Waals surface area contributed by atoms with Crippen LogP contribution in [-0.4, -0.2) is 31.2 Å². The Morgan fingerprint density at radius 2 is 2.29 bits per heavy atom. The van der Waals surface area contributed by atoms with Crippen molar-refractivity contribution < 1.29 is 14.2 Å². The molecule has 3 heterocycles. The fraction of sp³-hybridized carbons (Fsp3) is 0.286. The van der Waals surface area contributed by atoms with Crippen LogP contribution in [0.5, 0.6) is 0 Å². The van der Waals surface area contributed by atoms with E-state index in [0.717, 1.165) is 0 Å². The number of nitrogens with zero attached hydrogens (tertiary/aromatic N) is 4. The van der Waals surface area contributed by atoms with Crippen LogP contribution >= 0.6 is 0 Å². The molecule has 10 nitrogen and oxygen atoms in total. The third kappa shape index (κ3) is 2.69. The standard InChI is InChI=1S/C14H14N6O4/c1-3-4-10-12(20(22)23)11(18-17-10)13(21)16-8-5-9-7(2)19-24-14(9)15-6-8/h5-6H,3-4H2,1-2H3,(H,16,21)(H,17,18). The topological polar surface area (TPSA) is 140 Å². The average Bonchev–Trinajstić information content (AvgIpc) is 3.12. The summed E-state index contributed by atoms with van der Waals surface area (Å²) in [6.07, 6.45) is 2.51. The molecule has 0 aliphatic carbocycles. The number of aromatic amines is 1. The predicted molar refractivity (Wildman–Crippen MR) is 83.7 cm³/mol. The van der Waals surface area contributed by atoms with Crippen molar-refractivity contribution in [1.29, 1.82) is 0 Å². The van der Waals surface area contributed by atoms with Crippen molar-refractivity contribution in [3.05, 3.63) is 39.5 Å². The summed E-state index contributed by atoms with van der Waals surface area (Å²) in [5.41, 5.74) is 1.12. The molecule has 0 aliphatic rings. The molecule has 0 aromatic carbocycles. The van der Waals surface area contributed by atoms with E-state index in [1.54, 1.807) is 13.0 Å². The molecule has 0 saturated heterocycles. The van der Waals surface area contributed by atoms with Gasteiger partial charge in [0, 0.05) is 0 Å². The van der Waals surface area contributed by atoms with Crippen molar-refractivity contribution >= 4 is 28.4 Å². The third-order valence-corrected chi connectivity index (χ3v) is 3.48. The van der Waals surface area contributed by atoms with Crippen LogP contribution in [0.4, 0.5) is 11.4 Å². The number of aryl methyl sites for hydroxylation is 2. The Labute approximate surface area is 135 Å². The largest absolute Gasteiger partial charge is 0.336 e. The van der Waals surface area contributed by atoms with Gasteiger partial charge < -0.3 is 9.84 Å². The van der Waals surface area contributed by atoms with E-state index in [2.05, 4.69) is 25.7 Å². The average molecular weight is 330 g/mol. The summed E-state index contributed by atoms with van der Waals surface area (Å²) in [5.74, 6) is -0.685. The molecule has 0 atom stereocenters. The number of hydrogen-bond acceptors (Lipinski definition) is 7. The van der Waals surface area contributed by atoms with Crippen LogP contribution in [0.3, 0.4) is 0 Å². The Morgan fingerprint density at radius 3 is 3.00 bits per heavy atom. The number of rotatable bonds is 5. The monoisotopic (exact) mass is 330 g/mol. The van der Waals surface area contributed by atoms with Crippen molar-refractivity contribution in [2.24, 2.45) is 0 Å². The quantitative estimate of drug-likeness (QED) is 0.540. The fourth-order valence-corrected chi connectivity index (χ4v) is 2.36. The summed E-state index contributed by atoms with van der Waals surface area (Å²) >= 11 is 0. The second-order valence-electron chi connectivity index (χ2n) is 5.21. The molecule has 10 heteroatoms. The van der Waals surface area contributed by atoms with Crippen molar-refractivity contribution in [2.75, 3.05) is 5.32 Å². The molecule has 0 saturated carbocycles. The van der Waals surface area contributed by atoms with E-state index in [1.807, 2.05) is 6.92 Å². The predicted octanol–water partition coefficient (Wildman–Crippen LogP) is 2.37. The highest BCUT2D eigenvalue weighted by Gasteiger charge is 2.28. The first-order valence-electron chi connectivity index (χ1n) is 7.26.